The number of anilines is 2. The van der Waals surface area contributed by atoms with Crippen LogP contribution in [0, 0.1) is 18.3 Å². The Labute approximate surface area is 234 Å². The third-order valence-electron chi connectivity index (χ3n) is 8.38. The van der Waals surface area contributed by atoms with Crippen LogP contribution < -0.4 is 19.9 Å². The predicted molar refractivity (Wildman–Crippen MR) is 154 cm³/mol. The van der Waals surface area contributed by atoms with Crippen LogP contribution in [-0.2, 0) is 13.0 Å². The van der Waals surface area contributed by atoms with E-state index in [1.807, 2.05) is 18.3 Å². The summed E-state index contributed by atoms with van der Waals surface area (Å²) in [4.78, 5) is 21.5. The van der Waals surface area contributed by atoms with Crippen molar-refractivity contribution in [1.29, 1.82) is 5.26 Å². The SMILES string of the molecule is Cc1cccc2c(Cl)ncc(N3CCc4c(nc(OC[C@@H]5CCCN5C)nc4N4CCN[C@@H](CC#N)C4)C3)c12. The van der Waals surface area contributed by atoms with Crippen molar-refractivity contribution in [2.45, 2.75) is 51.2 Å². The molecule has 5 heterocycles. The Hall–Kier alpha value is -3.19. The summed E-state index contributed by atoms with van der Waals surface area (Å²) < 4.78 is 6.27. The van der Waals surface area contributed by atoms with Crippen LogP contribution >= 0.6 is 11.6 Å². The fraction of sp³-hybridized carbons (Fsp3) is 0.517. The number of piperazine rings is 1. The van der Waals surface area contributed by atoms with Crippen LogP contribution in [0.5, 0.6) is 6.01 Å². The number of ether oxygens (including phenoxy) is 1. The minimum Gasteiger partial charge on any atom is -0.462 e. The Kier molecular flexibility index (Phi) is 7.43. The predicted octanol–water partition coefficient (Wildman–Crippen LogP) is 3.71. The zero-order valence-corrected chi connectivity index (χ0v) is 23.4. The van der Waals surface area contributed by atoms with Gasteiger partial charge in [0, 0.05) is 54.6 Å². The van der Waals surface area contributed by atoms with Gasteiger partial charge in [0.05, 0.1) is 36.6 Å². The molecule has 10 heteroatoms. The maximum absolute atomic E-state index is 9.28. The van der Waals surface area contributed by atoms with Gasteiger partial charge in [-0.2, -0.15) is 15.2 Å². The second-order valence-corrected chi connectivity index (χ2v) is 11.3. The van der Waals surface area contributed by atoms with E-state index in [2.05, 4.69) is 51.1 Å². The Morgan fingerprint density at radius 2 is 2.10 bits per heavy atom. The molecule has 0 amide bonds. The minimum atomic E-state index is 0.125. The summed E-state index contributed by atoms with van der Waals surface area (Å²) in [5, 5.41) is 15.4. The Morgan fingerprint density at radius 1 is 1.21 bits per heavy atom. The van der Waals surface area contributed by atoms with Crippen LogP contribution in [-0.4, -0.2) is 78.3 Å². The summed E-state index contributed by atoms with van der Waals surface area (Å²) in [6, 6.07) is 9.45. The second kappa shape index (κ2) is 11.1. The highest BCUT2D eigenvalue weighted by molar-refractivity contribution is 6.34. The van der Waals surface area contributed by atoms with E-state index < -0.39 is 0 Å². The number of benzene rings is 1. The maximum atomic E-state index is 9.28. The van der Waals surface area contributed by atoms with Crippen molar-refractivity contribution in [3.8, 4) is 12.1 Å². The average Bonchev–Trinajstić information content (AvgIpc) is 3.36. The smallest absolute Gasteiger partial charge is 0.318 e. The van der Waals surface area contributed by atoms with E-state index in [1.54, 1.807) is 0 Å². The molecule has 3 aliphatic heterocycles. The third-order valence-corrected chi connectivity index (χ3v) is 8.69. The molecular weight excluding hydrogens is 512 g/mol. The lowest BCUT2D eigenvalue weighted by molar-refractivity contribution is 0.187. The highest BCUT2D eigenvalue weighted by Crippen LogP contribution is 2.37. The van der Waals surface area contributed by atoms with E-state index in [0.717, 1.165) is 73.5 Å². The lowest BCUT2D eigenvalue weighted by atomic mass is 10.0. The summed E-state index contributed by atoms with van der Waals surface area (Å²) in [5.41, 5.74) is 4.42. The number of likely N-dealkylation sites (N-methyl/N-ethyl adjacent to an activating group) is 1. The molecule has 0 unspecified atom stereocenters. The number of nitrogens with zero attached hydrogens (tertiary/aromatic N) is 7. The second-order valence-electron chi connectivity index (χ2n) is 10.9. The summed E-state index contributed by atoms with van der Waals surface area (Å²) >= 11 is 6.48. The Balaban J connectivity index is 1.35. The van der Waals surface area contributed by atoms with Gasteiger partial charge >= 0.3 is 6.01 Å². The van der Waals surface area contributed by atoms with Crippen molar-refractivity contribution >= 4 is 33.9 Å². The Bertz CT molecular complexity index is 1410. The molecular formula is C29H35ClN8O. The standard InChI is InChI=1S/C29H35ClN8O/c1-19-5-3-7-23-26(19)25(15-33-27(23)30)37-13-9-22-24(17-37)34-29(39-18-21-6-4-12-36(21)2)35-28(22)38-14-11-32-20(16-38)8-10-31/h3,5,7,15,20-21,32H,4,6,8-9,11-14,16-18H2,1-2H3/t20-,21-/m0/s1. The topological polar surface area (TPSA) is 93.4 Å². The fourth-order valence-corrected chi connectivity index (χ4v) is 6.42. The van der Waals surface area contributed by atoms with Crippen molar-refractivity contribution in [2.24, 2.45) is 0 Å². The maximum Gasteiger partial charge on any atom is 0.318 e. The molecule has 6 rings (SSSR count). The molecule has 9 nitrogen and oxygen atoms in total. The van der Waals surface area contributed by atoms with Gasteiger partial charge in [0.15, 0.2) is 0 Å². The van der Waals surface area contributed by atoms with E-state index in [9.17, 15) is 5.26 Å². The van der Waals surface area contributed by atoms with Crippen molar-refractivity contribution in [3.05, 3.63) is 46.4 Å². The zero-order chi connectivity index (χ0) is 26.9. The number of halogens is 1. The van der Waals surface area contributed by atoms with E-state index in [0.29, 0.717) is 36.8 Å². The average molecular weight is 547 g/mol. The van der Waals surface area contributed by atoms with Gasteiger partial charge in [-0.05, 0) is 45.3 Å². The molecule has 0 aliphatic carbocycles. The first-order valence-electron chi connectivity index (χ1n) is 13.9. The Morgan fingerprint density at radius 3 is 2.92 bits per heavy atom. The van der Waals surface area contributed by atoms with Crippen molar-refractivity contribution in [3.63, 3.8) is 0 Å². The lowest BCUT2D eigenvalue weighted by Gasteiger charge is -2.37. The van der Waals surface area contributed by atoms with Crippen LogP contribution in [0.1, 0.15) is 36.1 Å². The van der Waals surface area contributed by atoms with E-state index in [1.165, 1.54) is 17.5 Å². The van der Waals surface area contributed by atoms with Gasteiger partial charge in [-0.15, -0.1) is 0 Å². The minimum absolute atomic E-state index is 0.125. The molecule has 2 aromatic heterocycles. The van der Waals surface area contributed by atoms with Gasteiger partial charge in [-0.3, -0.25) is 0 Å². The van der Waals surface area contributed by atoms with Gasteiger partial charge in [0.25, 0.3) is 0 Å². The van der Waals surface area contributed by atoms with Crippen LogP contribution in [0.3, 0.4) is 0 Å². The van der Waals surface area contributed by atoms with Gasteiger partial charge in [0.2, 0.25) is 0 Å². The van der Waals surface area contributed by atoms with Gasteiger partial charge in [0.1, 0.15) is 17.6 Å². The number of likely N-dealkylation sites (tertiary alicyclic amines) is 1. The number of hydrogen-bond donors (Lipinski definition) is 1. The molecule has 3 aromatic rings. The third kappa shape index (κ3) is 5.21. The summed E-state index contributed by atoms with van der Waals surface area (Å²) in [7, 11) is 2.15. The highest BCUT2D eigenvalue weighted by Gasteiger charge is 2.30. The zero-order valence-electron chi connectivity index (χ0n) is 22.7. The molecule has 0 bridgehead atoms. The first-order chi connectivity index (χ1) is 19.0. The van der Waals surface area contributed by atoms with E-state index in [4.69, 9.17) is 26.3 Å². The number of rotatable bonds is 6. The molecule has 0 radical (unpaired) electrons. The first kappa shape index (κ1) is 26.1. The lowest BCUT2D eigenvalue weighted by Crippen LogP contribution is -2.51. The molecule has 3 aliphatic rings. The van der Waals surface area contributed by atoms with Crippen molar-refractivity contribution in [2.75, 3.05) is 56.2 Å². The molecule has 2 saturated heterocycles. The number of fused-ring (bicyclic) bond motifs is 2. The van der Waals surface area contributed by atoms with Gasteiger partial charge < -0.3 is 24.8 Å². The number of pyridine rings is 1. The number of aryl methyl sites for hydroxylation is 1. The van der Waals surface area contributed by atoms with Crippen LogP contribution in [0.4, 0.5) is 11.5 Å². The fourth-order valence-electron chi connectivity index (χ4n) is 6.22. The molecule has 39 heavy (non-hydrogen) atoms. The van der Waals surface area contributed by atoms with Gasteiger partial charge in [-0.1, -0.05) is 29.8 Å². The number of hydrogen-bond acceptors (Lipinski definition) is 9. The number of nitrogens with one attached hydrogen (secondary N) is 1. The first-order valence-corrected chi connectivity index (χ1v) is 14.3. The molecule has 0 saturated carbocycles. The summed E-state index contributed by atoms with van der Waals surface area (Å²) in [5.74, 6) is 0.953. The quantitative estimate of drug-likeness (QED) is 0.464. The molecule has 2 fully saturated rings. The number of nitriles is 1. The van der Waals surface area contributed by atoms with Crippen LogP contribution in [0.25, 0.3) is 10.8 Å². The van der Waals surface area contributed by atoms with E-state index in [-0.39, 0.29) is 6.04 Å². The number of aromatic nitrogens is 3. The summed E-state index contributed by atoms with van der Waals surface area (Å²) in [6.45, 7) is 7.68. The molecule has 2 atom stereocenters. The van der Waals surface area contributed by atoms with Gasteiger partial charge in [-0.25, -0.2) is 4.98 Å². The summed E-state index contributed by atoms with van der Waals surface area (Å²) in [6.07, 6.45) is 5.51. The van der Waals surface area contributed by atoms with Crippen LogP contribution in [0.2, 0.25) is 5.15 Å². The highest BCUT2D eigenvalue weighted by atomic mass is 35.5. The van der Waals surface area contributed by atoms with Crippen molar-refractivity contribution < 1.29 is 4.74 Å². The van der Waals surface area contributed by atoms with Crippen molar-refractivity contribution in [1.82, 2.24) is 25.2 Å². The monoisotopic (exact) mass is 546 g/mol. The molecule has 204 valence electrons. The van der Waals surface area contributed by atoms with E-state index >= 15 is 0 Å². The molecule has 1 aromatic carbocycles. The van der Waals surface area contributed by atoms with Crippen LogP contribution in [0.15, 0.2) is 24.4 Å². The normalized spacial score (nSPS) is 21.7. The largest absolute Gasteiger partial charge is 0.462 e. The molecule has 1 N–H and O–H groups in total. The molecule has 0 spiro atoms.